The topological polar surface area (TPSA) is 18.5 Å². The molecule has 0 aliphatic rings. The van der Waals surface area contributed by atoms with Crippen LogP contribution in [0.3, 0.4) is 0 Å². The third kappa shape index (κ3) is 25.4. The Morgan fingerprint density at radius 2 is 0.893 bits per heavy atom. The molecule has 2 heteroatoms. The van der Waals surface area contributed by atoms with Crippen molar-refractivity contribution in [2.45, 2.75) is 123 Å². The van der Waals surface area contributed by atoms with Gasteiger partial charge in [-0.1, -0.05) is 102 Å². The third-order valence-electron chi connectivity index (χ3n) is 5.04. The van der Waals surface area contributed by atoms with E-state index in [4.69, 9.17) is 9.47 Å². The first-order valence-electron chi connectivity index (χ1n) is 12.4. The summed E-state index contributed by atoms with van der Waals surface area (Å²) in [6.07, 6.45) is 31.4. The zero-order valence-corrected chi connectivity index (χ0v) is 19.3. The molecule has 0 heterocycles. The summed E-state index contributed by atoms with van der Waals surface area (Å²) in [7, 11) is 0. The minimum Gasteiger partial charge on any atom is -0.355 e. The summed E-state index contributed by atoms with van der Waals surface area (Å²) in [6, 6.07) is 0. The van der Waals surface area contributed by atoms with E-state index in [-0.39, 0.29) is 0 Å². The summed E-state index contributed by atoms with van der Waals surface area (Å²) in [5, 5.41) is 0. The van der Waals surface area contributed by atoms with Gasteiger partial charge in [-0.05, 0) is 44.9 Å². The molecule has 2 nitrogen and oxygen atoms in total. The smallest absolute Gasteiger partial charge is 0.146 e. The lowest BCUT2D eigenvalue weighted by molar-refractivity contribution is -0.0531. The summed E-state index contributed by atoms with van der Waals surface area (Å²) in [4.78, 5) is 0. The van der Waals surface area contributed by atoms with E-state index in [0.717, 1.165) is 19.6 Å². The van der Waals surface area contributed by atoms with Crippen LogP contribution in [0.15, 0.2) is 24.3 Å². The largest absolute Gasteiger partial charge is 0.355 e. The second-order valence-corrected chi connectivity index (χ2v) is 7.92. The van der Waals surface area contributed by atoms with Crippen molar-refractivity contribution in [1.82, 2.24) is 0 Å². The standard InChI is InChI=1S/C26H50O2/c1-3-5-7-9-10-11-12-13-14-15-16-17-18-19-21-23-25-28-26-27-24-22-20-8-6-4-2/h9-10,19,21H,3-8,11-18,20,22-26H2,1-2H3/b10-9-,21-19-. The van der Waals surface area contributed by atoms with E-state index in [0.29, 0.717) is 6.79 Å². The number of unbranched alkanes of at least 4 members (excludes halogenated alkanes) is 13. The van der Waals surface area contributed by atoms with Crippen LogP contribution in [0, 0.1) is 0 Å². The first-order chi connectivity index (χ1) is 13.9. The van der Waals surface area contributed by atoms with E-state index in [9.17, 15) is 0 Å². The number of allylic oxidation sites excluding steroid dienone is 3. The summed E-state index contributed by atoms with van der Waals surface area (Å²) in [5.74, 6) is 0. The van der Waals surface area contributed by atoms with Gasteiger partial charge in [-0.25, -0.2) is 0 Å². The maximum absolute atomic E-state index is 5.50. The molecule has 0 aliphatic carbocycles. The number of hydrogen-bond donors (Lipinski definition) is 0. The highest BCUT2D eigenvalue weighted by molar-refractivity contribution is 4.82. The van der Waals surface area contributed by atoms with Gasteiger partial charge in [-0.15, -0.1) is 0 Å². The van der Waals surface area contributed by atoms with Crippen LogP contribution in [-0.4, -0.2) is 20.0 Å². The lowest BCUT2D eigenvalue weighted by Gasteiger charge is -2.04. The first-order valence-corrected chi connectivity index (χ1v) is 12.4. The molecule has 0 aromatic carbocycles. The predicted molar refractivity (Wildman–Crippen MR) is 125 cm³/mol. The molecule has 0 bridgehead atoms. The Morgan fingerprint density at radius 1 is 0.429 bits per heavy atom. The Hall–Kier alpha value is -0.600. The molecule has 0 fully saturated rings. The fraction of sp³-hybridized carbons (Fsp3) is 0.846. The molecule has 0 amide bonds. The van der Waals surface area contributed by atoms with Crippen LogP contribution >= 0.6 is 0 Å². The summed E-state index contributed by atoms with van der Waals surface area (Å²) >= 11 is 0. The minimum atomic E-state index is 0.455. The Labute approximate surface area is 177 Å². The molecule has 28 heavy (non-hydrogen) atoms. The maximum Gasteiger partial charge on any atom is 0.146 e. The van der Waals surface area contributed by atoms with E-state index in [1.165, 1.54) is 103 Å². The van der Waals surface area contributed by atoms with E-state index >= 15 is 0 Å². The van der Waals surface area contributed by atoms with Crippen molar-refractivity contribution in [3.63, 3.8) is 0 Å². The Kier molecular flexibility index (Phi) is 25.8. The Bertz CT molecular complexity index is 322. The van der Waals surface area contributed by atoms with Crippen molar-refractivity contribution in [1.29, 1.82) is 0 Å². The first kappa shape index (κ1) is 27.4. The minimum absolute atomic E-state index is 0.455. The molecule has 0 unspecified atom stereocenters. The van der Waals surface area contributed by atoms with Gasteiger partial charge in [0.15, 0.2) is 0 Å². The number of rotatable bonds is 23. The van der Waals surface area contributed by atoms with Gasteiger partial charge in [0.25, 0.3) is 0 Å². The van der Waals surface area contributed by atoms with Crippen LogP contribution in [0.25, 0.3) is 0 Å². The van der Waals surface area contributed by atoms with Gasteiger partial charge in [-0.2, -0.15) is 0 Å². The molecule has 0 rings (SSSR count). The van der Waals surface area contributed by atoms with Crippen LogP contribution < -0.4 is 0 Å². The maximum atomic E-state index is 5.50. The van der Waals surface area contributed by atoms with Crippen molar-refractivity contribution in [2.75, 3.05) is 20.0 Å². The van der Waals surface area contributed by atoms with Gasteiger partial charge in [0.1, 0.15) is 6.79 Å². The van der Waals surface area contributed by atoms with Gasteiger partial charge >= 0.3 is 0 Å². The summed E-state index contributed by atoms with van der Waals surface area (Å²) < 4.78 is 11.0. The molecule has 0 saturated heterocycles. The quantitative estimate of drug-likeness (QED) is 0.0979. The van der Waals surface area contributed by atoms with E-state index < -0.39 is 0 Å². The van der Waals surface area contributed by atoms with Gasteiger partial charge in [0, 0.05) is 6.61 Å². The van der Waals surface area contributed by atoms with Crippen LogP contribution in [0.1, 0.15) is 123 Å². The summed E-state index contributed by atoms with van der Waals surface area (Å²) in [5.41, 5.74) is 0. The van der Waals surface area contributed by atoms with Gasteiger partial charge < -0.3 is 9.47 Å². The molecule has 0 aromatic rings. The molecule has 0 spiro atoms. The average Bonchev–Trinajstić information content (AvgIpc) is 2.71. The predicted octanol–water partition coefficient (Wildman–Crippen LogP) is 8.76. The highest BCUT2D eigenvalue weighted by Gasteiger charge is 1.92. The van der Waals surface area contributed by atoms with Crippen molar-refractivity contribution < 1.29 is 9.47 Å². The van der Waals surface area contributed by atoms with Crippen LogP contribution in [0.5, 0.6) is 0 Å². The molecule has 0 atom stereocenters. The lowest BCUT2D eigenvalue weighted by atomic mass is 10.1. The second-order valence-electron chi connectivity index (χ2n) is 7.92. The monoisotopic (exact) mass is 394 g/mol. The van der Waals surface area contributed by atoms with Gasteiger partial charge in [0.2, 0.25) is 0 Å². The highest BCUT2D eigenvalue weighted by Crippen LogP contribution is 2.10. The number of ether oxygens (including phenoxy) is 2. The number of hydrogen-bond acceptors (Lipinski definition) is 2. The molecule has 0 N–H and O–H groups in total. The summed E-state index contributed by atoms with van der Waals surface area (Å²) in [6.45, 7) is 6.58. The normalized spacial score (nSPS) is 11.9. The molecule has 0 aromatic heterocycles. The SMILES string of the molecule is CCCC/C=C\CCCCCCCC/C=C\CCOCOCCCCCCC. The van der Waals surface area contributed by atoms with Gasteiger partial charge in [-0.3, -0.25) is 0 Å². The van der Waals surface area contributed by atoms with Crippen molar-refractivity contribution in [3.8, 4) is 0 Å². The Morgan fingerprint density at radius 3 is 1.54 bits per heavy atom. The van der Waals surface area contributed by atoms with E-state index in [1.54, 1.807) is 0 Å². The molecule has 0 saturated carbocycles. The fourth-order valence-electron chi connectivity index (χ4n) is 3.16. The molecular formula is C26H50O2. The van der Waals surface area contributed by atoms with Crippen molar-refractivity contribution in [2.24, 2.45) is 0 Å². The van der Waals surface area contributed by atoms with E-state index in [2.05, 4.69) is 38.2 Å². The molecule has 166 valence electrons. The fourth-order valence-corrected chi connectivity index (χ4v) is 3.16. The molecule has 0 aliphatic heterocycles. The zero-order chi connectivity index (χ0) is 20.4. The van der Waals surface area contributed by atoms with Crippen LogP contribution in [-0.2, 0) is 9.47 Å². The third-order valence-corrected chi connectivity index (χ3v) is 5.04. The van der Waals surface area contributed by atoms with Crippen molar-refractivity contribution >= 4 is 0 Å². The van der Waals surface area contributed by atoms with Gasteiger partial charge in [0.05, 0.1) is 6.61 Å². The zero-order valence-electron chi connectivity index (χ0n) is 19.3. The van der Waals surface area contributed by atoms with Crippen molar-refractivity contribution in [3.05, 3.63) is 24.3 Å². The highest BCUT2D eigenvalue weighted by atomic mass is 16.7. The molecular weight excluding hydrogens is 344 g/mol. The second kappa shape index (κ2) is 26.4. The van der Waals surface area contributed by atoms with E-state index in [1.807, 2.05) is 0 Å². The van der Waals surface area contributed by atoms with Crippen LogP contribution in [0.4, 0.5) is 0 Å². The Balaban J connectivity index is 3.10. The average molecular weight is 395 g/mol. The molecule has 0 radical (unpaired) electrons. The lowest BCUT2D eigenvalue weighted by Crippen LogP contribution is -2.02. The van der Waals surface area contributed by atoms with Crippen LogP contribution in [0.2, 0.25) is 0 Å².